The molecule has 2 heterocycles. The van der Waals surface area contributed by atoms with Gasteiger partial charge in [0.2, 0.25) is 0 Å². The van der Waals surface area contributed by atoms with Crippen LogP contribution in [0.4, 0.5) is 0 Å². The van der Waals surface area contributed by atoms with Crippen molar-refractivity contribution in [1.29, 1.82) is 5.26 Å². The predicted octanol–water partition coefficient (Wildman–Crippen LogP) is 9.09. The summed E-state index contributed by atoms with van der Waals surface area (Å²) in [6, 6.07) is 45.0. The van der Waals surface area contributed by atoms with Crippen molar-refractivity contribution in [3.63, 3.8) is 0 Å². The molecule has 0 spiro atoms. The first-order valence-corrected chi connectivity index (χ1v) is 13.7. The molecule has 0 fully saturated rings. The number of nitrogens with zero attached hydrogens (tertiary/aromatic N) is 3. The molecule has 40 heavy (non-hydrogen) atoms. The van der Waals surface area contributed by atoms with Gasteiger partial charge in [-0.1, -0.05) is 66.7 Å². The van der Waals surface area contributed by atoms with Crippen molar-refractivity contribution < 1.29 is 0 Å². The van der Waals surface area contributed by atoms with Crippen LogP contribution in [0.25, 0.3) is 55.7 Å². The molecule has 1 aliphatic rings. The standard InChI is InChI=1S/C37H25N3/c38-24-25-9-8-12-29(21-25)40-35-16-7-5-14-31(35)33-23-27(18-20-37(33)40)26-17-19-36-32(22-26)30-13-4-6-15-34(30)39(36)28-10-2-1-3-11-28/h1-16,18,20-23H,17,19H2. The molecule has 0 aliphatic heterocycles. The molecule has 0 saturated carbocycles. The summed E-state index contributed by atoms with van der Waals surface area (Å²) in [4.78, 5) is 0. The molecule has 0 saturated heterocycles. The van der Waals surface area contributed by atoms with Crippen molar-refractivity contribution in [2.24, 2.45) is 0 Å². The molecule has 8 rings (SSSR count). The second-order valence-electron chi connectivity index (χ2n) is 10.5. The maximum Gasteiger partial charge on any atom is 0.0992 e. The van der Waals surface area contributed by atoms with Crippen LogP contribution in [-0.2, 0) is 6.42 Å². The number of benzene rings is 5. The van der Waals surface area contributed by atoms with E-state index >= 15 is 0 Å². The van der Waals surface area contributed by atoms with Gasteiger partial charge in [0.25, 0.3) is 0 Å². The summed E-state index contributed by atoms with van der Waals surface area (Å²) in [6.07, 6.45) is 4.40. The number of hydrogen-bond acceptors (Lipinski definition) is 1. The number of allylic oxidation sites excluding steroid dienone is 1. The van der Waals surface area contributed by atoms with E-state index in [4.69, 9.17) is 0 Å². The van der Waals surface area contributed by atoms with Crippen LogP contribution in [0, 0.1) is 11.3 Å². The van der Waals surface area contributed by atoms with Gasteiger partial charge in [0, 0.05) is 38.8 Å². The Bertz CT molecular complexity index is 2170. The summed E-state index contributed by atoms with van der Waals surface area (Å²) in [5.74, 6) is 0. The topological polar surface area (TPSA) is 33.6 Å². The maximum absolute atomic E-state index is 9.50. The Labute approximate surface area is 232 Å². The third-order valence-electron chi connectivity index (χ3n) is 8.26. The molecule has 188 valence electrons. The second kappa shape index (κ2) is 8.86. The van der Waals surface area contributed by atoms with E-state index in [0.29, 0.717) is 5.56 Å². The van der Waals surface area contributed by atoms with Gasteiger partial charge in [0.15, 0.2) is 0 Å². The van der Waals surface area contributed by atoms with Crippen LogP contribution in [-0.4, -0.2) is 9.13 Å². The van der Waals surface area contributed by atoms with Gasteiger partial charge in [-0.2, -0.15) is 5.26 Å². The smallest absolute Gasteiger partial charge is 0.0992 e. The molecule has 1 aliphatic carbocycles. The molecule has 0 bridgehead atoms. The van der Waals surface area contributed by atoms with Crippen molar-refractivity contribution >= 4 is 44.4 Å². The van der Waals surface area contributed by atoms with E-state index in [1.165, 1.54) is 49.8 Å². The lowest BCUT2D eigenvalue weighted by atomic mass is 9.90. The Kier molecular flexibility index (Phi) is 5.02. The van der Waals surface area contributed by atoms with Gasteiger partial charge in [0.05, 0.1) is 28.2 Å². The Balaban J connectivity index is 1.32. The van der Waals surface area contributed by atoms with Crippen LogP contribution in [0.5, 0.6) is 0 Å². The van der Waals surface area contributed by atoms with E-state index in [2.05, 4.69) is 124 Å². The molecule has 5 aromatic carbocycles. The summed E-state index contributed by atoms with van der Waals surface area (Å²) in [5, 5.41) is 13.3. The minimum absolute atomic E-state index is 0.665. The van der Waals surface area contributed by atoms with Crippen LogP contribution >= 0.6 is 0 Å². The minimum Gasteiger partial charge on any atom is -0.313 e. The monoisotopic (exact) mass is 511 g/mol. The highest BCUT2D eigenvalue weighted by Crippen LogP contribution is 2.40. The van der Waals surface area contributed by atoms with Crippen molar-refractivity contribution in [2.75, 3.05) is 0 Å². The summed E-state index contributed by atoms with van der Waals surface area (Å²) < 4.78 is 4.71. The lowest BCUT2D eigenvalue weighted by Gasteiger charge is -2.18. The molecular weight excluding hydrogens is 486 g/mol. The molecule has 0 radical (unpaired) electrons. The fourth-order valence-electron chi connectivity index (χ4n) is 6.49. The van der Waals surface area contributed by atoms with Gasteiger partial charge in [-0.3, -0.25) is 0 Å². The average molecular weight is 512 g/mol. The Hall–Kier alpha value is -5.33. The number of para-hydroxylation sites is 3. The molecule has 7 aromatic rings. The number of nitriles is 1. The van der Waals surface area contributed by atoms with Gasteiger partial charge < -0.3 is 9.13 Å². The van der Waals surface area contributed by atoms with Crippen LogP contribution < -0.4 is 0 Å². The average Bonchev–Trinajstić information content (AvgIpc) is 3.54. The van der Waals surface area contributed by atoms with Crippen LogP contribution in [0.1, 0.15) is 28.8 Å². The molecular formula is C37H25N3. The number of rotatable bonds is 3. The lowest BCUT2D eigenvalue weighted by Crippen LogP contribution is -2.05. The minimum atomic E-state index is 0.665. The summed E-state index contributed by atoms with van der Waals surface area (Å²) in [7, 11) is 0. The van der Waals surface area contributed by atoms with Crippen molar-refractivity contribution in [1.82, 2.24) is 9.13 Å². The summed E-state index contributed by atoms with van der Waals surface area (Å²) in [6.45, 7) is 0. The van der Waals surface area contributed by atoms with Gasteiger partial charge in [0.1, 0.15) is 0 Å². The van der Waals surface area contributed by atoms with Crippen molar-refractivity contribution in [2.45, 2.75) is 12.8 Å². The van der Waals surface area contributed by atoms with Gasteiger partial charge >= 0.3 is 0 Å². The molecule has 0 atom stereocenters. The Morgan fingerprint density at radius 3 is 2.08 bits per heavy atom. The van der Waals surface area contributed by atoms with Crippen LogP contribution in [0.3, 0.4) is 0 Å². The second-order valence-corrected chi connectivity index (χ2v) is 10.5. The third-order valence-corrected chi connectivity index (χ3v) is 8.26. The van der Waals surface area contributed by atoms with E-state index in [1.807, 2.05) is 18.2 Å². The van der Waals surface area contributed by atoms with Crippen molar-refractivity contribution in [3.05, 3.63) is 144 Å². The Morgan fingerprint density at radius 1 is 0.550 bits per heavy atom. The predicted molar refractivity (Wildman–Crippen MR) is 165 cm³/mol. The highest BCUT2D eigenvalue weighted by molar-refractivity contribution is 6.10. The van der Waals surface area contributed by atoms with E-state index in [9.17, 15) is 5.26 Å². The zero-order chi connectivity index (χ0) is 26.6. The summed E-state index contributed by atoms with van der Waals surface area (Å²) >= 11 is 0. The quantitative estimate of drug-likeness (QED) is 0.233. The first-order valence-electron chi connectivity index (χ1n) is 13.7. The third kappa shape index (κ3) is 3.37. The molecule has 2 aromatic heterocycles. The van der Waals surface area contributed by atoms with E-state index in [-0.39, 0.29) is 0 Å². The largest absolute Gasteiger partial charge is 0.313 e. The molecule has 0 N–H and O–H groups in total. The highest BCUT2D eigenvalue weighted by Gasteiger charge is 2.22. The first-order chi connectivity index (χ1) is 19.8. The van der Waals surface area contributed by atoms with Gasteiger partial charge in [-0.15, -0.1) is 0 Å². The highest BCUT2D eigenvalue weighted by atomic mass is 15.0. The number of aromatic nitrogens is 2. The molecule has 3 nitrogen and oxygen atoms in total. The molecule has 0 amide bonds. The maximum atomic E-state index is 9.50. The Morgan fingerprint density at radius 2 is 1.25 bits per heavy atom. The van der Waals surface area contributed by atoms with Crippen LogP contribution in [0.15, 0.2) is 121 Å². The number of fused-ring (bicyclic) bond motifs is 6. The van der Waals surface area contributed by atoms with E-state index < -0.39 is 0 Å². The number of hydrogen-bond donors (Lipinski definition) is 0. The molecule has 0 unspecified atom stereocenters. The zero-order valence-corrected chi connectivity index (χ0v) is 21.9. The SMILES string of the molecule is N#Cc1cccc(-n2c3ccccc3c3cc(C4=Cc5c(n(-c6ccccc6)c6ccccc56)CC4)ccc32)c1. The normalized spacial score (nSPS) is 12.9. The summed E-state index contributed by atoms with van der Waals surface area (Å²) in [5.41, 5.74) is 11.8. The fraction of sp³-hybridized carbons (Fsp3) is 0.0541. The zero-order valence-electron chi connectivity index (χ0n) is 21.9. The van der Waals surface area contributed by atoms with Crippen molar-refractivity contribution in [3.8, 4) is 17.4 Å². The van der Waals surface area contributed by atoms with E-state index in [1.54, 1.807) is 0 Å². The van der Waals surface area contributed by atoms with Crippen LogP contribution in [0.2, 0.25) is 0 Å². The molecule has 3 heteroatoms. The van der Waals surface area contributed by atoms with Gasteiger partial charge in [-0.05, 0) is 84.7 Å². The first kappa shape index (κ1) is 22.6. The lowest BCUT2D eigenvalue weighted by molar-refractivity contribution is 0.898. The van der Waals surface area contributed by atoms with Gasteiger partial charge in [-0.25, -0.2) is 0 Å². The fourth-order valence-corrected chi connectivity index (χ4v) is 6.49. The van der Waals surface area contributed by atoms with E-state index in [0.717, 1.165) is 29.6 Å².